The number of fused-ring (bicyclic) bond motifs is 1. The number of aromatic carboxylic acids is 1. The quantitative estimate of drug-likeness (QED) is 0.755. The van der Waals surface area contributed by atoms with Crippen LogP contribution >= 0.6 is 0 Å². The molecule has 0 aliphatic carbocycles. The van der Waals surface area contributed by atoms with Crippen LogP contribution in [0, 0.1) is 20.8 Å². The average molecular weight is 291 g/mol. The number of hydrogen-bond acceptors (Lipinski definition) is 2. The van der Waals surface area contributed by atoms with Gasteiger partial charge >= 0.3 is 5.97 Å². The molecule has 0 aliphatic heterocycles. The number of rotatable bonds is 2. The summed E-state index contributed by atoms with van der Waals surface area (Å²) in [6.45, 7) is 5.76. The van der Waals surface area contributed by atoms with Gasteiger partial charge in [0, 0.05) is 10.9 Å². The lowest BCUT2D eigenvalue weighted by Crippen LogP contribution is -2.06. The minimum absolute atomic E-state index is 0.348. The van der Waals surface area contributed by atoms with E-state index in [0.717, 1.165) is 33.3 Å². The van der Waals surface area contributed by atoms with Gasteiger partial charge in [-0.1, -0.05) is 36.4 Å². The number of carboxylic acid groups (broad SMARTS) is 1. The van der Waals surface area contributed by atoms with Gasteiger partial charge in [-0.05, 0) is 43.5 Å². The van der Waals surface area contributed by atoms with Crippen molar-refractivity contribution in [2.24, 2.45) is 0 Å². The molecule has 0 spiro atoms. The SMILES string of the molecule is Cc1cc(C)c2c(C(=O)O)c(C)c(-c3ccccc3)nc2c1. The average Bonchev–Trinajstić information content (AvgIpc) is 2.47. The highest BCUT2D eigenvalue weighted by molar-refractivity contribution is 6.07. The smallest absolute Gasteiger partial charge is 0.336 e. The maximum Gasteiger partial charge on any atom is 0.336 e. The van der Waals surface area contributed by atoms with E-state index < -0.39 is 5.97 Å². The molecule has 0 aliphatic rings. The fourth-order valence-corrected chi connectivity index (χ4v) is 3.01. The third kappa shape index (κ3) is 2.25. The molecule has 0 bridgehead atoms. The lowest BCUT2D eigenvalue weighted by atomic mass is 9.94. The monoisotopic (exact) mass is 291 g/mol. The van der Waals surface area contributed by atoms with Gasteiger partial charge in [-0.15, -0.1) is 0 Å². The van der Waals surface area contributed by atoms with Crippen LogP contribution in [0.1, 0.15) is 27.0 Å². The summed E-state index contributed by atoms with van der Waals surface area (Å²) in [6.07, 6.45) is 0. The molecule has 0 amide bonds. The lowest BCUT2D eigenvalue weighted by Gasteiger charge is -2.14. The van der Waals surface area contributed by atoms with Gasteiger partial charge in [0.1, 0.15) is 0 Å². The van der Waals surface area contributed by atoms with Gasteiger partial charge in [0.2, 0.25) is 0 Å². The van der Waals surface area contributed by atoms with E-state index >= 15 is 0 Å². The molecule has 1 aromatic heterocycles. The summed E-state index contributed by atoms with van der Waals surface area (Å²) >= 11 is 0. The molecule has 0 radical (unpaired) electrons. The first-order valence-corrected chi connectivity index (χ1v) is 7.19. The molecule has 0 saturated heterocycles. The zero-order chi connectivity index (χ0) is 15.9. The van der Waals surface area contributed by atoms with Crippen LogP contribution in [0.2, 0.25) is 0 Å². The molecule has 2 aromatic carbocycles. The number of hydrogen-bond donors (Lipinski definition) is 1. The number of aromatic nitrogens is 1. The van der Waals surface area contributed by atoms with E-state index in [1.165, 1.54) is 0 Å². The number of aryl methyl sites for hydroxylation is 2. The Labute approximate surface area is 129 Å². The Morgan fingerprint density at radius 2 is 1.73 bits per heavy atom. The predicted octanol–water partition coefficient (Wildman–Crippen LogP) is 4.53. The molecule has 3 nitrogen and oxygen atoms in total. The van der Waals surface area contributed by atoms with Crippen molar-refractivity contribution in [3.63, 3.8) is 0 Å². The van der Waals surface area contributed by atoms with E-state index in [4.69, 9.17) is 4.98 Å². The van der Waals surface area contributed by atoms with E-state index in [2.05, 4.69) is 0 Å². The van der Waals surface area contributed by atoms with Crippen molar-refractivity contribution in [1.29, 1.82) is 0 Å². The minimum Gasteiger partial charge on any atom is -0.478 e. The van der Waals surface area contributed by atoms with Crippen LogP contribution in [-0.2, 0) is 0 Å². The summed E-state index contributed by atoms with van der Waals surface area (Å²) < 4.78 is 0. The fraction of sp³-hybridized carbons (Fsp3) is 0.158. The zero-order valence-corrected chi connectivity index (χ0v) is 12.8. The summed E-state index contributed by atoms with van der Waals surface area (Å²) in [5.41, 5.74) is 5.48. The molecule has 3 rings (SSSR count). The van der Waals surface area contributed by atoms with Crippen molar-refractivity contribution in [2.75, 3.05) is 0 Å². The first-order valence-electron chi connectivity index (χ1n) is 7.19. The van der Waals surface area contributed by atoms with Gasteiger partial charge in [0.15, 0.2) is 0 Å². The second-order valence-electron chi connectivity index (χ2n) is 5.61. The Morgan fingerprint density at radius 1 is 1.05 bits per heavy atom. The summed E-state index contributed by atoms with van der Waals surface area (Å²) in [6, 6.07) is 13.7. The second-order valence-corrected chi connectivity index (χ2v) is 5.61. The van der Waals surface area contributed by atoms with Crippen molar-refractivity contribution in [3.8, 4) is 11.3 Å². The largest absolute Gasteiger partial charge is 0.478 e. The molecule has 3 heteroatoms. The highest BCUT2D eigenvalue weighted by atomic mass is 16.4. The van der Waals surface area contributed by atoms with Crippen LogP contribution in [0.3, 0.4) is 0 Å². The van der Waals surface area contributed by atoms with Crippen LogP contribution in [0.15, 0.2) is 42.5 Å². The highest BCUT2D eigenvalue weighted by Gasteiger charge is 2.19. The predicted molar refractivity (Wildman–Crippen MR) is 88.3 cm³/mol. The molecule has 110 valence electrons. The number of carboxylic acids is 1. The van der Waals surface area contributed by atoms with E-state index in [1.807, 2.05) is 63.2 Å². The minimum atomic E-state index is -0.908. The van der Waals surface area contributed by atoms with Crippen LogP contribution in [-0.4, -0.2) is 16.1 Å². The van der Waals surface area contributed by atoms with Crippen molar-refractivity contribution >= 4 is 16.9 Å². The van der Waals surface area contributed by atoms with E-state index in [0.29, 0.717) is 11.1 Å². The first kappa shape index (κ1) is 14.3. The molecule has 3 aromatic rings. The summed E-state index contributed by atoms with van der Waals surface area (Å²) in [5.74, 6) is -0.908. The third-order valence-corrected chi connectivity index (χ3v) is 3.93. The summed E-state index contributed by atoms with van der Waals surface area (Å²) in [4.78, 5) is 16.6. The Morgan fingerprint density at radius 3 is 2.36 bits per heavy atom. The van der Waals surface area contributed by atoms with Crippen LogP contribution in [0.4, 0.5) is 0 Å². The maximum atomic E-state index is 11.8. The summed E-state index contributed by atoms with van der Waals surface area (Å²) in [5, 5.41) is 10.4. The van der Waals surface area contributed by atoms with E-state index in [1.54, 1.807) is 0 Å². The van der Waals surface area contributed by atoms with E-state index in [9.17, 15) is 9.90 Å². The molecule has 22 heavy (non-hydrogen) atoms. The van der Waals surface area contributed by atoms with Crippen molar-refractivity contribution in [2.45, 2.75) is 20.8 Å². The third-order valence-electron chi connectivity index (χ3n) is 3.93. The highest BCUT2D eigenvalue weighted by Crippen LogP contribution is 2.31. The van der Waals surface area contributed by atoms with Crippen LogP contribution in [0.25, 0.3) is 22.2 Å². The number of benzene rings is 2. The molecule has 1 N–H and O–H groups in total. The molecular weight excluding hydrogens is 274 g/mol. The van der Waals surface area contributed by atoms with Crippen molar-refractivity contribution in [1.82, 2.24) is 4.98 Å². The van der Waals surface area contributed by atoms with Crippen molar-refractivity contribution in [3.05, 3.63) is 64.7 Å². The van der Waals surface area contributed by atoms with Gasteiger partial charge in [0.05, 0.1) is 16.8 Å². The van der Waals surface area contributed by atoms with Crippen molar-refractivity contribution < 1.29 is 9.90 Å². The summed E-state index contributed by atoms with van der Waals surface area (Å²) in [7, 11) is 0. The number of pyridine rings is 1. The number of nitrogens with zero attached hydrogens (tertiary/aromatic N) is 1. The molecule has 0 saturated carbocycles. The van der Waals surface area contributed by atoms with Gasteiger partial charge in [-0.2, -0.15) is 0 Å². The maximum absolute atomic E-state index is 11.8. The molecule has 1 heterocycles. The first-order chi connectivity index (χ1) is 10.5. The van der Waals surface area contributed by atoms with Gasteiger partial charge in [-0.25, -0.2) is 9.78 Å². The fourth-order valence-electron chi connectivity index (χ4n) is 3.01. The standard InChI is InChI=1S/C19H17NO2/c1-11-9-12(2)16-15(10-11)20-18(13(3)17(16)19(21)22)14-7-5-4-6-8-14/h4-10H,1-3H3,(H,21,22). The van der Waals surface area contributed by atoms with Crippen LogP contribution in [0.5, 0.6) is 0 Å². The lowest BCUT2D eigenvalue weighted by molar-refractivity contribution is 0.0698. The van der Waals surface area contributed by atoms with E-state index in [-0.39, 0.29) is 0 Å². The van der Waals surface area contributed by atoms with Gasteiger partial charge in [-0.3, -0.25) is 0 Å². The topological polar surface area (TPSA) is 50.2 Å². The normalized spacial score (nSPS) is 10.9. The Bertz CT molecular complexity index is 883. The van der Waals surface area contributed by atoms with Gasteiger partial charge in [0.25, 0.3) is 0 Å². The van der Waals surface area contributed by atoms with Gasteiger partial charge < -0.3 is 5.11 Å². The molecule has 0 unspecified atom stereocenters. The Kier molecular flexibility index (Phi) is 3.41. The Balaban J connectivity index is 2.46. The Hall–Kier alpha value is -2.68. The molecule has 0 fully saturated rings. The zero-order valence-electron chi connectivity index (χ0n) is 12.8. The number of carbonyl (C=O) groups is 1. The van der Waals surface area contributed by atoms with Crippen LogP contribution < -0.4 is 0 Å². The molecular formula is C19H17NO2. The second kappa shape index (κ2) is 5.26. The molecule has 0 atom stereocenters.